The largest absolute Gasteiger partial charge is 0.294 e. The molecular weight excluding hydrogens is 317 g/mol. The molecule has 1 atom stereocenters. The molecule has 2 aromatic carbocycles. The van der Waals surface area contributed by atoms with Gasteiger partial charge in [-0.15, -0.1) is 0 Å². The zero-order valence-corrected chi connectivity index (χ0v) is 13.7. The molecule has 4 heteroatoms. The Morgan fingerprint density at radius 2 is 1.82 bits per heavy atom. The Bertz CT molecular complexity index is 717. The van der Waals surface area contributed by atoms with Crippen LogP contribution in [-0.2, 0) is 6.42 Å². The molecule has 0 heterocycles. The fourth-order valence-electron chi connectivity index (χ4n) is 2.20. The second-order valence-corrected chi connectivity index (χ2v) is 5.85. The van der Waals surface area contributed by atoms with Gasteiger partial charge in [-0.25, -0.2) is 0 Å². The number of halogens is 2. The fourth-order valence-corrected chi connectivity index (χ4v) is 2.49. The highest BCUT2D eigenvalue weighted by Gasteiger charge is 2.17. The van der Waals surface area contributed by atoms with Gasteiger partial charge in [0.05, 0.1) is 22.0 Å². The number of ketones is 1. The normalized spacial score (nSPS) is 11.7. The van der Waals surface area contributed by atoms with Crippen LogP contribution < -0.4 is 0 Å². The SMILES string of the molecule is CCc1ccc([C@H](C#N)CC(=O)c2ccc(Cl)c(Cl)c2)cc1. The average Bonchev–Trinajstić information content (AvgIpc) is 2.55. The molecule has 0 aliphatic rings. The molecule has 0 amide bonds. The molecule has 0 saturated heterocycles. The van der Waals surface area contributed by atoms with Gasteiger partial charge in [0.2, 0.25) is 0 Å². The van der Waals surface area contributed by atoms with E-state index in [1.165, 1.54) is 5.56 Å². The van der Waals surface area contributed by atoms with E-state index in [9.17, 15) is 10.1 Å². The van der Waals surface area contributed by atoms with Crippen LogP contribution in [-0.4, -0.2) is 5.78 Å². The summed E-state index contributed by atoms with van der Waals surface area (Å²) in [7, 11) is 0. The Morgan fingerprint density at radius 3 is 2.36 bits per heavy atom. The third-order valence-corrected chi connectivity index (χ3v) is 4.32. The maximum absolute atomic E-state index is 12.3. The minimum atomic E-state index is -0.465. The van der Waals surface area contributed by atoms with Crippen molar-refractivity contribution in [3.8, 4) is 6.07 Å². The lowest BCUT2D eigenvalue weighted by atomic mass is 9.92. The number of benzene rings is 2. The molecule has 0 unspecified atom stereocenters. The Morgan fingerprint density at radius 1 is 1.14 bits per heavy atom. The number of nitrogens with zero attached hydrogens (tertiary/aromatic N) is 1. The lowest BCUT2D eigenvalue weighted by Gasteiger charge is -2.10. The predicted octanol–water partition coefficient (Wildman–Crippen LogP) is 5.44. The van der Waals surface area contributed by atoms with Crippen LogP contribution in [0.2, 0.25) is 10.0 Å². The molecule has 0 bridgehead atoms. The number of hydrogen-bond acceptors (Lipinski definition) is 2. The van der Waals surface area contributed by atoms with Gasteiger partial charge in [0.15, 0.2) is 5.78 Å². The number of hydrogen-bond donors (Lipinski definition) is 0. The number of nitriles is 1. The molecule has 112 valence electrons. The first kappa shape index (κ1) is 16.5. The van der Waals surface area contributed by atoms with E-state index in [1.54, 1.807) is 18.2 Å². The summed E-state index contributed by atoms with van der Waals surface area (Å²) in [6.45, 7) is 2.07. The van der Waals surface area contributed by atoms with E-state index >= 15 is 0 Å². The number of carbonyl (C=O) groups is 1. The minimum absolute atomic E-state index is 0.121. The molecule has 0 radical (unpaired) electrons. The van der Waals surface area contributed by atoms with Crippen LogP contribution in [0.4, 0.5) is 0 Å². The summed E-state index contributed by atoms with van der Waals surface area (Å²) in [5, 5.41) is 10.1. The Labute approximate surface area is 140 Å². The van der Waals surface area contributed by atoms with Crippen LogP contribution in [0.5, 0.6) is 0 Å². The molecular formula is C18H15Cl2NO. The van der Waals surface area contributed by atoms with Crippen LogP contribution in [0.25, 0.3) is 0 Å². The Balaban J connectivity index is 2.16. The lowest BCUT2D eigenvalue weighted by molar-refractivity contribution is 0.0979. The second-order valence-electron chi connectivity index (χ2n) is 5.03. The van der Waals surface area contributed by atoms with E-state index in [4.69, 9.17) is 23.2 Å². The standard InChI is InChI=1S/C18H15Cl2NO/c1-2-12-3-5-13(6-4-12)15(11-21)10-18(22)14-7-8-16(19)17(20)9-14/h3-9,15H,2,10H2,1H3/t15-/m0/s1. The van der Waals surface area contributed by atoms with Gasteiger partial charge in [0.25, 0.3) is 0 Å². The minimum Gasteiger partial charge on any atom is -0.294 e. The molecule has 2 rings (SSSR count). The first-order valence-electron chi connectivity index (χ1n) is 7.01. The summed E-state index contributed by atoms with van der Waals surface area (Å²) in [6.07, 6.45) is 1.07. The quantitative estimate of drug-likeness (QED) is 0.685. The fraction of sp³-hybridized carbons (Fsp3) is 0.222. The molecule has 0 spiro atoms. The molecule has 2 nitrogen and oxygen atoms in total. The van der Waals surface area contributed by atoms with Crippen LogP contribution >= 0.6 is 23.2 Å². The van der Waals surface area contributed by atoms with Gasteiger partial charge in [0, 0.05) is 12.0 Å². The molecule has 22 heavy (non-hydrogen) atoms. The maximum Gasteiger partial charge on any atom is 0.164 e. The van der Waals surface area contributed by atoms with Gasteiger partial charge in [-0.05, 0) is 35.7 Å². The van der Waals surface area contributed by atoms with Gasteiger partial charge in [-0.2, -0.15) is 5.26 Å². The summed E-state index contributed by atoms with van der Waals surface area (Å²) in [6, 6.07) is 14.8. The van der Waals surface area contributed by atoms with Crippen molar-refractivity contribution in [2.75, 3.05) is 0 Å². The third-order valence-electron chi connectivity index (χ3n) is 3.58. The zero-order chi connectivity index (χ0) is 16.1. The number of Topliss-reactive ketones (excluding diaryl/α,β-unsaturated/α-hetero) is 1. The van der Waals surface area contributed by atoms with E-state index in [1.807, 2.05) is 24.3 Å². The molecule has 0 aromatic heterocycles. The van der Waals surface area contributed by atoms with Crippen molar-refractivity contribution in [1.82, 2.24) is 0 Å². The number of rotatable bonds is 5. The summed E-state index contributed by atoms with van der Waals surface area (Å²) in [5.41, 5.74) is 2.53. The third kappa shape index (κ3) is 3.88. The van der Waals surface area contributed by atoms with Crippen molar-refractivity contribution in [3.63, 3.8) is 0 Å². The molecule has 0 fully saturated rings. The molecule has 0 aliphatic carbocycles. The van der Waals surface area contributed by atoms with Crippen molar-refractivity contribution < 1.29 is 4.79 Å². The van der Waals surface area contributed by atoms with Crippen LogP contribution in [0.1, 0.15) is 40.7 Å². The summed E-state index contributed by atoms with van der Waals surface area (Å²) in [4.78, 5) is 12.3. The van der Waals surface area contributed by atoms with Gasteiger partial charge in [-0.3, -0.25) is 4.79 Å². The van der Waals surface area contributed by atoms with Gasteiger partial charge < -0.3 is 0 Å². The van der Waals surface area contributed by atoms with Gasteiger partial charge in [-0.1, -0.05) is 54.4 Å². The molecule has 2 aromatic rings. The topological polar surface area (TPSA) is 40.9 Å². The highest BCUT2D eigenvalue weighted by molar-refractivity contribution is 6.42. The first-order valence-corrected chi connectivity index (χ1v) is 7.77. The molecule has 0 saturated carbocycles. The van der Waals surface area contributed by atoms with Gasteiger partial charge in [0.1, 0.15) is 0 Å². The number of carbonyl (C=O) groups excluding carboxylic acids is 1. The highest BCUT2D eigenvalue weighted by atomic mass is 35.5. The first-order chi connectivity index (χ1) is 10.5. The maximum atomic E-state index is 12.3. The van der Waals surface area contributed by atoms with Crippen LogP contribution in [0, 0.1) is 11.3 Å². The van der Waals surface area contributed by atoms with Crippen molar-refractivity contribution in [1.29, 1.82) is 5.26 Å². The number of aryl methyl sites for hydroxylation is 1. The lowest BCUT2D eigenvalue weighted by Crippen LogP contribution is -2.06. The molecule has 0 N–H and O–H groups in total. The van der Waals surface area contributed by atoms with Crippen molar-refractivity contribution in [3.05, 3.63) is 69.2 Å². The predicted molar refractivity (Wildman–Crippen MR) is 89.6 cm³/mol. The van der Waals surface area contributed by atoms with Crippen LogP contribution in [0.15, 0.2) is 42.5 Å². The summed E-state index contributed by atoms with van der Waals surface area (Å²) in [5.74, 6) is -0.586. The smallest absolute Gasteiger partial charge is 0.164 e. The van der Waals surface area contributed by atoms with Crippen LogP contribution in [0.3, 0.4) is 0 Å². The zero-order valence-electron chi connectivity index (χ0n) is 12.1. The van der Waals surface area contributed by atoms with E-state index in [2.05, 4.69) is 13.0 Å². The monoisotopic (exact) mass is 331 g/mol. The van der Waals surface area contributed by atoms with Crippen molar-refractivity contribution >= 4 is 29.0 Å². The van der Waals surface area contributed by atoms with E-state index in [0.717, 1.165) is 12.0 Å². The average molecular weight is 332 g/mol. The van der Waals surface area contributed by atoms with E-state index in [-0.39, 0.29) is 12.2 Å². The highest BCUT2D eigenvalue weighted by Crippen LogP contribution is 2.26. The summed E-state index contributed by atoms with van der Waals surface area (Å²) >= 11 is 11.8. The van der Waals surface area contributed by atoms with E-state index < -0.39 is 5.92 Å². The van der Waals surface area contributed by atoms with Crippen molar-refractivity contribution in [2.24, 2.45) is 0 Å². The Kier molecular flexibility index (Phi) is 5.60. The van der Waals surface area contributed by atoms with Gasteiger partial charge >= 0.3 is 0 Å². The Hall–Kier alpha value is -1.82. The molecule has 0 aliphatic heterocycles. The second kappa shape index (κ2) is 7.45. The van der Waals surface area contributed by atoms with E-state index in [0.29, 0.717) is 15.6 Å². The summed E-state index contributed by atoms with van der Waals surface area (Å²) < 4.78 is 0. The van der Waals surface area contributed by atoms with Crippen molar-refractivity contribution in [2.45, 2.75) is 25.7 Å².